The van der Waals surface area contributed by atoms with Gasteiger partial charge in [-0.15, -0.1) is 6.58 Å². The van der Waals surface area contributed by atoms with Gasteiger partial charge >= 0.3 is 0 Å². The first kappa shape index (κ1) is 18.5. The number of benzene rings is 1. The van der Waals surface area contributed by atoms with Gasteiger partial charge in [-0.25, -0.2) is 13.0 Å². The number of rotatable bonds is 5. The molecule has 1 rings (SSSR count). The zero-order valence-electron chi connectivity index (χ0n) is 12.4. The second-order valence-corrected chi connectivity index (χ2v) is 6.01. The Bertz CT molecular complexity index is 527. The first-order valence-corrected chi connectivity index (χ1v) is 7.81. The molecule has 0 heterocycles. The van der Waals surface area contributed by atoms with Gasteiger partial charge in [0, 0.05) is 6.42 Å². The van der Waals surface area contributed by atoms with Gasteiger partial charge in [0.1, 0.15) is 30.4 Å². The van der Waals surface area contributed by atoms with Crippen molar-refractivity contribution >= 4 is 16.3 Å². The van der Waals surface area contributed by atoms with Crippen molar-refractivity contribution < 1.29 is 17.5 Å². The van der Waals surface area contributed by atoms with Crippen LogP contribution < -0.4 is 0 Å². The van der Waals surface area contributed by atoms with Gasteiger partial charge in [0.15, 0.2) is 0 Å². The Kier molecular flexibility index (Phi) is 8.76. The summed E-state index contributed by atoms with van der Waals surface area (Å²) >= 11 is 0. The number of aryl methyl sites for hydroxylation is 1. The number of allylic oxidation sites excluding steroid dienone is 1. The average molecular weight is 297 g/mol. The maximum Gasteiger partial charge on any atom is 0.139 e. The van der Waals surface area contributed by atoms with Crippen LogP contribution in [0.5, 0.6) is 0 Å². The van der Waals surface area contributed by atoms with Crippen LogP contribution in [0.3, 0.4) is 0 Å². The minimum absolute atomic E-state index is 0.178. The summed E-state index contributed by atoms with van der Waals surface area (Å²) in [7, 11) is -0.171. The highest BCUT2D eigenvalue weighted by Crippen LogP contribution is 2.08. The van der Waals surface area contributed by atoms with E-state index < -0.39 is 10.1 Å². The number of nitrogens with zero attached hydrogens (tertiary/aromatic N) is 1. The van der Waals surface area contributed by atoms with E-state index in [0.29, 0.717) is 0 Å². The largest absolute Gasteiger partial charge is 0.744 e. The van der Waals surface area contributed by atoms with Gasteiger partial charge in [-0.05, 0) is 31.9 Å². The highest BCUT2D eigenvalue weighted by Gasteiger charge is 1.97. The maximum atomic E-state index is 10.4. The minimum atomic E-state index is -4.27. The minimum Gasteiger partial charge on any atom is -0.744 e. The van der Waals surface area contributed by atoms with E-state index in [1.807, 2.05) is 27.1 Å². The van der Waals surface area contributed by atoms with E-state index in [2.05, 4.69) is 17.4 Å². The molecule has 0 unspecified atom stereocenters. The molecule has 0 aliphatic carbocycles. The fraction of sp³-hybridized carbons (Fsp3) is 0.400. The molecule has 0 N–H and O–H groups in total. The van der Waals surface area contributed by atoms with Crippen molar-refractivity contribution in [2.24, 2.45) is 0 Å². The lowest BCUT2D eigenvalue weighted by molar-refractivity contribution is -0.460. The first-order valence-electron chi connectivity index (χ1n) is 6.40. The molecule has 0 bridgehead atoms. The number of hydrogen-bond donors (Lipinski definition) is 0. The van der Waals surface area contributed by atoms with Gasteiger partial charge in [-0.3, -0.25) is 0 Å². The smallest absolute Gasteiger partial charge is 0.139 e. The Labute approximate surface area is 122 Å². The van der Waals surface area contributed by atoms with Gasteiger partial charge in [-0.2, -0.15) is 0 Å². The van der Waals surface area contributed by atoms with E-state index in [-0.39, 0.29) is 4.90 Å². The predicted molar refractivity (Wildman–Crippen MR) is 81.4 cm³/mol. The molecule has 0 atom stereocenters. The Morgan fingerprint density at radius 3 is 2.15 bits per heavy atom. The standard InChI is InChI=1S/C8H16N.C7H8O3S/c1-4-5-6-7-8-9(2)3;1-6-2-4-7(5-3-6)11(8,9)10/h4,8H,1,5-7H2,2-3H3;2-5H,1H3,(H,8,9,10)/q+1;/p-1. The SMILES string of the molecule is C=CCCCC=[N+](C)C.Cc1ccc(S(=O)(=O)[O-])cc1. The van der Waals surface area contributed by atoms with Crippen LogP contribution in [0.25, 0.3) is 0 Å². The number of hydrogen-bond acceptors (Lipinski definition) is 3. The van der Waals surface area contributed by atoms with Crippen molar-refractivity contribution in [2.75, 3.05) is 14.1 Å². The summed E-state index contributed by atoms with van der Waals surface area (Å²) in [6.45, 7) is 5.47. The lowest BCUT2D eigenvalue weighted by atomic mass is 10.2. The molecular weight excluding hydrogens is 274 g/mol. The third-order valence-corrected chi connectivity index (χ3v) is 3.27. The highest BCUT2D eigenvalue weighted by atomic mass is 32.2. The molecule has 0 aromatic heterocycles. The van der Waals surface area contributed by atoms with E-state index in [9.17, 15) is 13.0 Å². The van der Waals surface area contributed by atoms with E-state index in [0.717, 1.165) is 12.0 Å². The Hall–Kier alpha value is -1.46. The molecule has 20 heavy (non-hydrogen) atoms. The Balaban J connectivity index is 0.000000370. The van der Waals surface area contributed by atoms with Gasteiger partial charge in [0.05, 0.1) is 4.90 Å². The zero-order valence-corrected chi connectivity index (χ0v) is 13.2. The van der Waals surface area contributed by atoms with Crippen molar-refractivity contribution in [2.45, 2.75) is 31.1 Å². The molecule has 0 aliphatic heterocycles. The fourth-order valence-electron chi connectivity index (χ4n) is 1.32. The van der Waals surface area contributed by atoms with Crippen LogP contribution in [-0.2, 0) is 10.1 Å². The van der Waals surface area contributed by atoms with E-state index in [1.54, 1.807) is 12.1 Å². The Morgan fingerprint density at radius 2 is 1.75 bits per heavy atom. The lowest BCUT2D eigenvalue weighted by Gasteiger charge is -2.05. The van der Waals surface area contributed by atoms with E-state index in [1.165, 1.54) is 25.0 Å². The zero-order chi connectivity index (χ0) is 15.6. The van der Waals surface area contributed by atoms with Crippen molar-refractivity contribution in [1.29, 1.82) is 0 Å². The van der Waals surface area contributed by atoms with Crippen molar-refractivity contribution in [1.82, 2.24) is 0 Å². The maximum absolute atomic E-state index is 10.4. The molecule has 4 nitrogen and oxygen atoms in total. The Morgan fingerprint density at radius 1 is 1.20 bits per heavy atom. The molecule has 0 fully saturated rings. The lowest BCUT2D eigenvalue weighted by Crippen LogP contribution is -1.97. The molecule has 0 saturated heterocycles. The summed E-state index contributed by atoms with van der Waals surface area (Å²) in [5.41, 5.74) is 0.928. The monoisotopic (exact) mass is 297 g/mol. The highest BCUT2D eigenvalue weighted by molar-refractivity contribution is 7.85. The molecule has 0 radical (unpaired) electrons. The average Bonchev–Trinajstić information content (AvgIpc) is 2.35. The van der Waals surface area contributed by atoms with Crippen molar-refractivity contribution in [3.05, 3.63) is 42.5 Å². The van der Waals surface area contributed by atoms with Crippen LogP contribution in [0.15, 0.2) is 41.8 Å². The summed E-state index contributed by atoms with van der Waals surface area (Å²) in [6.07, 6.45) is 7.66. The normalized spacial score (nSPS) is 10.2. The van der Waals surface area contributed by atoms with Gasteiger partial charge in [0.25, 0.3) is 0 Å². The molecule has 1 aromatic carbocycles. The van der Waals surface area contributed by atoms with Gasteiger partial charge in [0.2, 0.25) is 0 Å². The molecule has 0 aliphatic rings. The third kappa shape index (κ3) is 9.47. The summed E-state index contributed by atoms with van der Waals surface area (Å²) in [5.74, 6) is 0. The molecule has 0 spiro atoms. The molecule has 112 valence electrons. The van der Waals surface area contributed by atoms with Crippen LogP contribution in [0.4, 0.5) is 0 Å². The topological polar surface area (TPSA) is 60.2 Å². The molecule has 1 aromatic rings. The molecule has 5 heteroatoms. The predicted octanol–water partition coefficient (Wildman–Crippen LogP) is 2.58. The summed E-state index contributed by atoms with van der Waals surface area (Å²) in [6, 6.07) is 5.78. The summed E-state index contributed by atoms with van der Waals surface area (Å²) in [5, 5.41) is 0. The second kappa shape index (κ2) is 9.44. The third-order valence-electron chi connectivity index (χ3n) is 2.42. The van der Waals surface area contributed by atoms with Crippen LogP contribution in [0.1, 0.15) is 24.8 Å². The summed E-state index contributed by atoms with van der Waals surface area (Å²) < 4.78 is 33.3. The molecule has 0 amide bonds. The van der Waals surface area contributed by atoms with Crippen LogP contribution in [0, 0.1) is 6.92 Å². The summed E-state index contributed by atoms with van der Waals surface area (Å²) in [4.78, 5) is -0.178. The van der Waals surface area contributed by atoms with E-state index >= 15 is 0 Å². The number of unbranched alkanes of at least 4 members (excludes halogenated alkanes) is 2. The fourth-order valence-corrected chi connectivity index (χ4v) is 1.79. The first-order chi connectivity index (χ1) is 9.27. The van der Waals surface area contributed by atoms with E-state index in [4.69, 9.17) is 0 Å². The van der Waals surface area contributed by atoms with Gasteiger partial charge in [-0.1, -0.05) is 23.8 Å². The quantitative estimate of drug-likeness (QED) is 0.276. The van der Waals surface area contributed by atoms with Crippen LogP contribution in [0.2, 0.25) is 0 Å². The molecular formula is C15H23NO3S. The van der Waals surface area contributed by atoms with Crippen molar-refractivity contribution in [3.63, 3.8) is 0 Å². The molecule has 0 saturated carbocycles. The van der Waals surface area contributed by atoms with Crippen LogP contribution >= 0.6 is 0 Å². The van der Waals surface area contributed by atoms with Crippen molar-refractivity contribution in [3.8, 4) is 0 Å². The second-order valence-electron chi connectivity index (χ2n) is 4.63. The van der Waals surface area contributed by atoms with Crippen LogP contribution in [-0.4, -0.2) is 37.9 Å². The van der Waals surface area contributed by atoms with Gasteiger partial charge < -0.3 is 4.55 Å².